The third-order valence-corrected chi connectivity index (χ3v) is 3.52. The first kappa shape index (κ1) is 15.4. The number of nitrogens with one attached hydrogen (secondary N) is 1. The van der Waals surface area contributed by atoms with Crippen LogP contribution in [0.25, 0.3) is 0 Å². The molecule has 1 aromatic rings. The molecule has 0 saturated heterocycles. The summed E-state index contributed by atoms with van der Waals surface area (Å²) < 4.78 is 0. The molecule has 0 saturated carbocycles. The molecule has 0 radical (unpaired) electrons. The number of ketones is 1. The zero-order valence-electron chi connectivity index (χ0n) is 11.5. The first-order valence-corrected chi connectivity index (χ1v) is 7.10. The van der Waals surface area contributed by atoms with Crippen LogP contribution in [0.4, 0.5) is 5.13 Å². The summed E-state index contributed by atoms with van der Waals surface area (Å²) in [5.41, 5.74) is 1.80. The van der Waals surface area contributed by atoms with Gasteiger partial charge in [0.05, 0.1) is 11.1 Å². The van der Waals surface area contributed by atoms with E-state index < -0.39 is 0 Å². The molecule has 0 aliphatic carbocycles. The minimum Gasteiger partial charge on any atom is -0.362 e. The number of allylic oxidation sites excluding steroid dienone is 4. The van der Waals surface area contributed by atoms with Crippen molar-refractivity contribution in [3.8, 4) is 0 Å². The first-order chi connectivity index (χ1) is 9.08. The van der Waals surface area contributed by atoms with E-state index in [0.717, 1.165) is 29.2 Å². The van der Waals surface area contributed by atoms with Gasteiger partial charge in [-0.2, -0.15) is 0 Å². The van der Waals surface area contributed by atoms with Crippen molar-refractivity contribution in [1.29, 1.82) is 0 Å². The smallest absolute Gasteiger partial charge is 0.183 e. The average Bonchev–Trinajstić information content (AvgIpc) is 2.84. The highest BCUT2D eigenvalue weighted by Crippen LogP contribution is 2.22. The van der Waals surface area contributed by atoms with Crippen molar-refractivity contribution in [2.45, 2.75) is 26.7 Å². The Bertz CT molecular complexity index is 500. The number of nitrogens with zero attached hydrogens (tertiary/aromatic N) is 1. The van der Waals surface area contributed by atoms with Crippen LogP contribution in [-0.4, -0.2) is 17.3 Å². The molecule has 3 nitrogen and oxygen atoms in total. The van der Waals surface area contributed by atoms with Crippen LogP contribution in [0.3, 0.4) is 0 Å². The molecule has 0 aliphatic rings. The molecular formula is C15H20N2OS. The number of Topliss-reactive ketones (excluding diaryl/α,β-unsaturated/α-hetero) is 1. The fourth-order valence-corrected chi connectivity index (χ4v) is 2.25. The van der Waals surface area contributed by atoms with Crippen LogP contribution in [0.5, 0.6) is 0 Å². The lowest BCUT2D eigenvalue weighted by Crippen LogP contribution is -1.99. The van der Waals surface area contributed by atoms with Gasteiger partial charge < -0.3 is 5.32 Å². The van der Waals surface area contributed by atoms with Crippen molar-refractivity contribution in [3.63, 3.8) is 0 Å². The van der Waals surface area contributed by atoms with Crippen LogP contribution in [0.2, 0.25) is 0 Å². The van der Waals surface area contributed by atoms with Crippen molar-refractivity contribution in [3.05, 3.63) is 47.5 Å². The van der Waals surface area contributed by atoms with Gasteiger partial charge >= 0.3 is 0 Å². The van der Waals surface area contributed by atoms with Gasteiger partial charge in [0.1, 0.15) is 0 Å². The summed E-state index contributed by atoms with van der Waals surface area (Å²) in [7, 11) is 0. The van der Waals surface area contributed by atoms with E-state index in [4.69, 9.17) is 0 Å². The van der Waals surface area contributed by atoms with E-state index in [1.54, 1.807) is 12.3 Å². The van der Waals surface area contributed by atoms with E-state index >= 15 is 0 Å². The number of carbonyl (C=O) groups excluding carboxylic acids is 1. The van der Waals surface area contributed by atoms with Gasteiger partial charge in [-0.05, 0) is 18.9 Å². The second-order valence-corrected chi connectivity index (χ2v) is 5.29. The van der Waals surface area contributed by atoms with E-state index in [9.17, 15) is 4.79 Å². The Balaban J connectivity index is 2.72. The highest BCUT2D eigenvalue weighted by atomic mass is 32.1. The molecule has 1 aromatic heterocycles. The van der Waals surface area contributed by atoms with Crippen molar-refractivity contribution < 1.29 is 4.79 Å². The van der Waals surface area contributed by atoms with Crippen LogP contribution in [0.1, 0.15) is 36.4 Å². The van der Waals surface area contributed by atoms with Gasteiger partial charge in [0.2, 0.25) is 0 Å². The molecule has 0 spiro atoms. The second kappa shape index (κ2) is 7.69. The van der Waals surface area contributed by atoms with Gasteiger partial charge in [-0.3, -0.25) is 4.79 Å². The van der Waals surface area contributed by atoms with Crippen molar-refractivity contribution in [1.82, 2.24) is 4.98 Å². The lowest BCUT2D eigenvalue weighted by atomic mass is 10.0. The van der Waals surface area contributed by atoms with Crippen molar-refractivity contribution >= 4 is 22.3 Å². The highest BCUT2D eigenvalue weighted by molar-refractivity contribution is 7.17. The highest BCUT2D eigenvalue weighted by Gasteiger charge is 2.12. The van der Waals surface area contributed by atoms with Gasteiger partial charge in [-0.15, -0.1) is 0 Å². The van der Waals surface area contributed by atoms with E-state index in [2.05, 4.69) is 30.4 Å². The molecule has 0 aromatic carbocycles. The molecular weight excluding hydrogens is 256 g/mol. The van der Waals surface area contributed by atoms with Crippen LogP contribution < -0.4 is 5.32 Å². The van der Waals surface area contributed by atoms with Crippen LogP contribution in [-0.2, 0) is 0 Å². The second-order valence-electron chi connectivity index (χ2n) is 4.26. The predicted molar refractivity (Wildman–Crippen MR) is 82.9 cm³/mol. The number of aromatic nitrogens is 1. The summed E-state index contributed by atoms with van der Waals surface area (Å²) in [5, 5.41) is 3.98. The zero-order chi connectivity index (χ0) is 14.3. The summed E-state index contributed by atoms with van der Waals surface area (Å²) >= 11 is 1.40. The fraction of sp³-hybridized carbons (Fsp3) is 0.333. The standard InChI is InChI=1S/C15H20N2OS/c1-5-7-12(11(3)4)9-13(18)14-10-17-15(19-14)16-8-6-2/h5,7,10H,1,3,6,8-9H2,2,4H3,(H,16,17)/b12-7-. The Morgan fingerprint density at radius 1 is 1.58 bits per heavy atom. The zero-order valence-corrected chi connectivity index (χ0v) is 12.3. The summed E-state index contributed by atoms with van der Waals surface area (Å²) in [6.07, 6.45) is 6.52. The minimum absolute atomic E-state index is 0.0677. The molecule has 0 bridgehead atoms. The quantitative estimate of drug-likeness (QED) is 0.571. The Morgan fingerprint density at radius 3 is 2.89 bits per heavy atom. The molecule has 19 heavy (non-hydrogen) atoms. The number of anilines is 1. The maximum atomic E-state index is 12.1. The number of hydrogen-bond donors (Lipinski definition) is 1. The number of carbonyl (C=O) groups is 1. The SMILES string of the molecule is C=C/C=C(/CC(=O)c1cnc(NCCC)s1)C(=C)C. The molecule has 1 rings (SSSR count). The molecule has 0 amide bonds. The van der Waals surface area contributed by atoms with Gasteiger partial charge in [0.25, 0.3) is 0 Å². The average molecular weight is 276 g/mol. The van der Waals surface area contributed by atoms with Crippen LogP contribution in [0.15, 0.2) is 42.7 Å². The lowest BCUT2D eigenvalue weighted by Gasteiger charge is -2.03. The number of thiazole rings is 1. The number of hydrogen-bond acceptors (Lipinski definition) is 4. The summed E-state index contributed by atoms with van der Waals surface area (Å²) in [6, 6.07) is 0. The molecule has 0 unspecified atom stereocenters. The topological polar surface area (TPSA) is 42.0 Å². The Morgan fingerprint density at radius 2 is 2.32 bits per heavy atom. The Labute approximate surface area is 118 Å². The molecule has 0 aliphatic heterocycles. The molecule has 102 valence electrons. The van der Waals surface area contributed by atoms with Crippen LogP contribution >= 0.6 is 11.3 Å². The first-order valence-electron chi connectivity index (χ1n) is 6.28. The predicted octanol–water partition coefficient (Wildman–Crippen LogP) is 4.23. The van der Waals surface area contributed by atoms with E-state index in [-0.39, 0.29) is 5.78 Å². The van der Waals surface area contributed by atoms with Crippen LogP contribution in [0, 0.1) is 0 Å². The van der Waals surface area contributed by atoms with Crippen molar-refractivity contribution in [2.75, 3.05) is 11.9 Å². The normalized spacial score (nSPS) is 11.2. The van der Waals surface area contributed by atoms with Gasteiger partial charge in [-0.1, -0.05) is 49.1 Å². The monoisotopic (exact) mass is 276 g/mol. The van der Waals surface area contributed by atoms with Crippen molar-refractivity contribution in [2.24, 2.45) is 0 Å². The fourth-order valence-electron chi connectivity index (χ4n) is 1.47. The number of rotatable bonds is 8. The molecule has 1 N–H and O–H groups in total. The van der Waals surface area contributed by atoms with Gasteiger partial charge in [-0.25, -0.2) is 4.98 Å². The Kier molecular flexibility index (Phi) is 6.22. The molecule has 0 atom stereocenters. The van der Waals surface area contributed by atoms with Gasteiger partial charge in [0, 0.05) is 13.0 Å². The molecule has 1 heterocycles. The largest absolute Gasteiger partial charge is 0.362 e. The Hall–Kier alpha value is -1.68. The lowest BCUT2D eigenvalue weighted by molar-refractivity contribution is 0.0997. The van der Waals surface area contributed by atoms with E-state index in [1.165, 1.54) is 11.3 Å². The summed E-state index contributed by atoms with van der Waals surface area (Å²) in [4.78, 5) is 17.0. The third kappa shape index (κ3) is 4.83. The molecule has 4 heteroatoms. The minimum atomic E-state index is 0.0677. The maximum absolute atomic E-state index is 12.1. The van der Waals surface area contributed by atoms with Gasteiger partial charge in [0.15, 0.2) is 10.9 Å². The molecule has 0 fully saturated rings. The summed E-state index contributed by atoms with van der Waals surface area (Å²) in [5.74, 6) is 0.0677. The van der Waals surface area contributed by atoms with E-state index in [1.807, 2.05) is 13.0 Å². The third-order valence-electron chi connectivity index (χ3n) is 2.52. The van der Waals surface area contributed by atoms with E-state index in [0.29, 0.717) is 11.3 Å². The maximum Gasteiger partial charge on any atom is 0.183 e. The summed E-state index contributed by atoms with van der Waals surface area (Å²) in [6.45, 7) is 12.4.